The molecule has 0 aromatic heterocycles. The van der Waals surface area contributed by atoms with Gasteiger partial charge in [0.2, 0.25) is 0 Å². The van der Waals surface area contributed by atoms with Crippen molar-refractivity contribution in [2.45, 2.75) is 26.2 Å². The van der Waals surface area contributed by atoms with E-state index in [1.54, 1.807) is 0 Å². The molecule has 156 valence electrons. The summed E-state index contributed by atoms with van der Waals surface area (Å²) >= 11 is 0. The van der Waals surface area contributed by atoms with Gasteiger partial charge in [-0.3, -0.25) is 4.79 Å². The molecule has 0 bridgehead atoms. The van der Waals surface area contributed by atoms with E-state index in [9.17, 15) is 4.79 Å². The SMILES string of the molecule is CC[C@H](CC(=O)O)C(=N)c1ccc(Oc2ccccc2Cc2ccccc2)cc1.Cl. The molecule has 30 heavy (non-hydrogen) atoms. The summed E-state index contributed by atoms with van der Waals surface area (Å²) < 4.78 is 6.10. The first kappa shape index (κ1) is 23.2. The lowest BCUT2D eigenvalue weighted by Gasteiger charge is -2.15. The van der Waals surface area contributed by atoms with Crippen LogP contribution in [0.2, 0.25) is 0 Å². The van der Waals surface area contributed by atoms with Crippen molar-refractivity contribution in [2.24, 2.45) is 5.92 Å². The Balaban J connectivity index is 0.00000320. The summed E-state index contributed by atoms with van der Waals surface area (Å²) in [4.78, 5) is 11.0. The summed E-state index contributed by atoms with van der Waals surface area (Å²) in [5.74, 6) is 0.326. The molecule has 0 unspecified atom stereocenters. The zero-order valence-corrected chi connectivity index (χ0v) is 17.7. The molecule has 0 aliphatic heterocycles. The van der Waals surface area contributed by atoms with Crippen LogP contribution in [0.25, 0.3) is 0 Å². The molecule has 4 nitrogen and oxygen atoms in total. The van der Waals surface area contributed by atoms with Gasteiger partial charge in [-0.1, -0.05) is 55.5 Å². The molecule has 0 aliphatic rings. The summed E-state index contributed by atoms with van der Waals surface area (Å²) in [5, 5.41) is 17.4. The van der Waals surface area contributed by atoms with Crippen molar-refractivity contribution >= 4 is 24.1 Å². The molecule has 0 saturated carbocycles. The van der Waals surface area contributed by atoms with E-state index in [1.807, 2.05) is 67.6 Å². The maximum atomic E-state index is 11.0. The lowest BCUT2D eigenvalue weighted by molar-refractivity contribution is -0.137. The van der Waals surface area contributed by atoms with Crippen LogP contribution in [-0.4, -0.2) is 16.8 Å². The molecular formula is C25H26ClNO3. The second-order valence-corrected chi connectivity index (χ2v) is 7.01. The number of ether oxygens (including phenoxy) is 1. The fourth-order valence-electron chi connectivity index (χ4n) is 3.29. The van der Waals surface area contributed by atoms with Crippen LogP contribution in [0.5, 0.6) is 11.5 Å². The fourth-order valence-corrected chi connectivity index (χ4v) is 3.29. The van der Waals surface area contributed by atoms with E-state index in [-0.39, 0.29) is 24.7 Å². The van der Waals surface area contributed by atoms with Gasteiger partial charge in [0.1, 0.15) is 11.5 Å². The molecule has 3 aromatic rings. The molecule has 5 heteroatoms. The number of hydrogen-bond acceptors (Lipinski definition) is 3. The van der Waals surface area contributed by atoms with Crippen molar-refractivity contribution in [1.29, 1.82) is 5.41 Å². The Morgan fingerprint density at radius 1 is 0.967 bits per heavy atom. The lowest BCUT2D eigenvalue weighted by Crippen LogP contribution is -2.17. The Bertz CT molecular complexity index is 971. The molecule has 3 rings (SSSR count). The highest BCUT2D eigenvalue weighted by molar-refractivity contribution is 6.01. The first-order valence-electron chi connectivity index (χ1n) is 9.77. The number of halogens is 1. The summed E-state index contributed by atoms with van der Waals surface area (Å²) in [7, 11) is 0. The largest absolute Gasteiger partial charge is 0.481 e. The van der Waals surface area contributed by atoms with Crippen LogP contribution in [0, 0.1) is 11.3 Å². The molecule has 0 saturated heterocycles. The van der Waals surface area contributed by atoms with Crippen molar-refractivity contribution in [3.05, 3.63) is 95.6 Å². The van der Waals surface area contributed by atoms with Crippen molar-refractivity contribution in [2.75, 3.05) is 0 Å². The minimum atomic E-state index is -0.878. The first-order valence-corrected chi connectivity index (χ1v) is 9.77. The zero-order chi connectivity index (χ0) is 20.6. The number of para-hydroxylation sites is 1. The van der Waals surface area contributed by atoms with Crippen LogP contribution in [0.15, 0.2) is 78.9 Å². The zero-order valence-electron chi connectivity index (χ0n) is 16.9. The third kappa shape index (κ3) is 6.19. The molecule has 0 fully saturated rings. The molecule has 1 atom stereocenters. The lowest BCUT2D eigenvalue weighted by atomic mass is 9.91. The molecule has 3 aromatic carbocycles. The van der Waals surface area contributed by atoms with Crippen molar-refractivity contribution in [3.63, 3.8) is 0 Å². The maximum absolute atomic E-state index is 11.0. The number of nitrogens with one attached hydrogen (secondary N) is 1. The summed E-state index contributed by atoms with van der Waals surface area (Å²) in [6.45, 7) is 1.91. The smallest absolute Gasteiger partial charge is 0.304 e. The highest BCUT2D eigenvalue weighted by Crippen LogP contribution is 2.28. The number of carbonyl (C=O) groups is 1. The van der Waals surface area contributed by atoms with E-state index in [0.29, 0.717) is 17.9 Å². The topological polar surface area (TPSA) is 70.4 Å². The predicted molar refractivity (Wildman–Crippen MR) is 122 cm³/mol. The van der Waals surface area contributed by atoms with Gasteiger partial charge in [0.05, 0.1) is 6.42 Å². The number of aliphatic carboxylic acids is 1. The molecule has 0 aliphatic carbocycles. The van der Waals surface area contributed by atoms with Gasteiger partial charge in [-0.2, -0.15) is 0 Å². The summed E-state index contributed by atoms with van der Waals surface area (Å²) in [6.07, 6.45) is 1.38. The highest BCUT2D eigenvalue weighted by Gasteiger charge is 2.18. The van der Waals surface area contributed by atoms with E-state index in [1.165, 1.54) is 5.56 Å². The van der Waals surface area contributed by atoms with E-state index in [2.05, 4.69) is 18.2 Å². The fraction of sp³-hybridized carbons (Fsp3) is 0.200. The molecule has 0 amide bonds. The molecule has 0 heterocycles. The quantitative estimate of drug-likeness (QED) is 0.393. The minimum Gasteiger partial charge on any atom is -0.481 e. The first-order chi connectivity index (χ1) is 14.1. The van der Waals surface area contributed by atoms with Crippen molar-refractivity contribution in [1.82, 2.24) is 0 Å². The van der Waals surface area contributed by atoms with E-state index in [4.69, 9.17) is 15.3 Å². The normalized spacial score (nSPS) is 11.2. The Hall–Kier alpha value is -3.11. The van der Waals surface area contributed by atoms with Crippen molar-refractivity contribution < 1.29 is 14.6 Å². The number of rotatable bonds is 9. The molecule has 2 N–H and O–H groups in total. The highest BCUT2D eigenvalue weighted by atomic mass is 35.5. The Morgan fingerprint density at radius 3 is 2.23 bits per heavy atom. The summed E-state index contributed by atoms with van der Waals surface area (Å²) in [5.41, 5.74) is 3.40. The van der Waals surface area contributed by atoms with E-state index < -0.39 is 5.97 Å². The van der Waals surface area contributed by atoms with E-state index in [0.717, 1.165) is 23.3 Å². The Labute approximate surface area is 183 Å². The maximum Gasteiger partial charge on any atom is 0.304 e. The van der Waals surface area contributed by atoms with Gasteiger partial charge < -0.3 is 15.3 Å². The third-order valence-electron chi connectivity index (χ3n) is 4.93. The van der Waals surface area contributed by atoms with Crippen LogP contribution in [0.4, 0.5) is 0 Å². The number of benzene rings is 3. The van der Waals surface area contributed by atoms with Crippen LogP contribution in [0.3, 0.4) is 0 Å². The second-order valence-electron chi connectivity index (χ2n) is 7.01. The number of hydrogen-bond donors (Lipinski definition) is 2. The van der Waals surface area contributed by atoms with Gasteiger partial charge in [-0.25, -0.2) is 0 Å². The average molecular weight is 424 g/mol. The Kier molecular flexibility index (Phi) is 8.63. The van der Waals surface area contributed by atoms with Gasteiger partial charge in [0.25, 0.3) is 0 Å². The van der Waals surface area contributed by atoms with Gasteiger partial charge in [-0.15, -0.1) is 12.4 Å². The van der Waals surface area contributed by atoms with Crippen LogP contribution in [-0.2, 0) is 11.2 Å². The van der Waals surface area contributed by atoms with Crippen molar-refractivity contribution in [3.8, 4) is 11.5 Å². The molecular weight excluding hydrogens is 398 g/mol. The molecule has 0 radical (unpaired) electrons. The number of carboxylic acid groups (broad SMARTS) is 1. The summed E-state index contributed by atoms with van der Waals surface area (Å²) in [6, 6.07) is 25.5. The van der Waals surface area contributed by atoms with Crippen LogP contribution < -0.4 is 4.74 Å². The van der Waals surface area contributed by atoms with Gasteiger partial charge >= 0.3 is 5.97 Å². The van der Waals surface area contributed by atoms with Crippen LogP contribution >= 0.6 is 12.4 Å². The third-order valence-corrected chi connectivity index (χ3v) is 4.93. The second kappa shape index (κ2) is 11.2. The van der Waals surface area contributed by atoms with E-state index >= 15 is 0 Å². The van der Waals surface area contributed by atoms with Gasteiger partial charge in [0, 0.05) is 18.1 Å². The minimum absolute atomic E-state index is 0. The molecule has 0 spiro atoms. The standard InChI is InChI=1S/C25H25NO3.ClH/c1-2-19(17-24(27)28)25(26)20-12-14-22(15-13-20)29-23-11-7-6-10-21(23)16-18-8-4-3-5-9-18;/h3-15,19,26H,2,16-17H2,1H3,(H,27,28);1H/t19-;/m1./s1. The Morgan fingerprint density at radius 2 is 1.60 bits per heavy atom. The monoisotopic (exact) mass is 423 g/mol. The predicted octanol–water partition coefficient (Wildman–Crippen LogP) is 6.36. The number of carboxylic acids is 1. The van der Waals surface area contributed by atoms with Gasteiger partial charge in [-0.05, 0) is 53.4 Å². The van der Waals surface area contributed by atoms with Gasteiger partial charge in [0.15, 0.2) is 0 Å². The van der Waals surface area contributed by atoms with Crippen LogP contribution in [0.1, 0.15) is 36.5 Å². The average Bonchev–Trinajstić information content (AvgIpc) is 2.74.